The first-order valence-corrected chi connectivity index (χ1v) is 27.3. The summed E-state index contributed by atoms with van der Waals surface area (Å²) in [6.07, 6.45) is 9.07. The summed E-state index contributed by atoms with van der Waals surface area (Å²) < 4.78 is 0. The molecule has 10 atom stereocenters. The molecule has 4 aliphatic heterocycles. The van der Waals surface area contributed by atoms with Crippen molar-refractivity contribution in [3.63, 3.8) is 0 Å². The zero-order valence-corrected chi connectivity index (χ0v) is 42.7. The van der Waals surface area contributed by atoms with Crippen molar-refractivity contribution in [1.29, 1.82) is 10.5 Å². The Labute approximate surface area is 445 Å². The van der Waals surface area contributed by atoms with Gasteiger partial charge in [-0.05, 0) is 121 Å². The highest BCUT2D eigenvalue weighted by molar-refractivity contribution is 5.95. The fraction of sp³-hybridized carbons (Fsp3) is 0.344. The van der Waals surface area contributed by atoms with Crippen LogP contribution in [0.15, 0.2) is 158 Å². The van der Waals surface area contributed by atoms with E-state index in [4.69, 9.17) is 0 Å². The Morgan fingerprint density at radius 2 is 0.816 bits per heavy atom. The first kappa shape index (κ1) is 50.0. The van der Waals surface area contributed by atoms with E-state index in [0.717, 1.165) is 97.8 Å². The van der Waals surface area contributed by atoms with Gasteiger partial charge in [-0.2, -0.15) is 10.5 Å². The highest BCUT2D eigenvalue weighted by Gasteiger charge is 2.50. The van der Waals surface area contributed by atoms with Crippen LogP contribution < -0.4 is 21.3 Å². The summed E-state index contributed by atoms with van der Waals surface area (Å²) in [7, 11) is 0. The van der Waals surface area contributed by atoms with Gasteiger partial charge in [0.1, 0.15) is 0 Å². The van der Waals surface area contributed by atoms with Crippen molar-refractivity contribution in [2.45, 2.75) is 100 Å². The number of benzene rings is 6. The molecule has 4 amide bonds. The molecule has 2 saturated heterocycles. The summed E-state index contributed by atoms with van der Waals surface area (Å²) in [5, 5.41) is 32.4. The molecule has 76 heavy (non-hydrogen) atoms. The molecule has 6 aliphatic rings. The van der Waals surface area contributed by atoms with E-state index in [1.54, 1.807) is 0 Å². The zero-order valence-electron chi connectivity index (χ0n) is 42.7. The number of carbonyl (C=O) groups is 4. The van der Waals surface area contributed by atoms with Gasteiger partial charge in [-0.25, -0.2) is 0 Å². The molecule has 12 rings (SSSR count). The molecule has 0 radical (unpaired) electrons. The lowest BCUT2D eigenvalue weighted by Gasteiger charge is -2.42. The van der Waals surface area contributed by atoms with Gasteiger partial charge in [0.05, 0.1) is 59.3 Å². The smallest absolute Gasteiger partial charge is 0.251 e. The minimum Gasteiger partial charge on any atom is -0.378 e. The first-order chi connectivity index (χ1) is 37.3. The standard InChI is InChI=1S/2C32H32N4O2/c2*33-20-21-14-16-22(17-15-21)29-26-18-19-36(30(26)24-10-4-6-12-27(24)34-29)32(38)25-11-5-7-13-28(25)35-31(37)23-8-2-1-3-9-23/h2*1-4,6,8-10,12,14-17,25-26,28-30,34H,5,7,11,13,18-19H2,(H,35,37)/t25-,26+,28?,29-,30-;25-,26-,28?,29+,30+/m00/s1. The Bertz CT molecular complexity index is 2940. The van der Waals surface area contributed by atoms with Crippen LogP contribution >= 0.6 is 0 Å². The van der Waals surface area contributed by atoms with Gasteiger partial charge in [0.25, 0.3) is 11.8 Å². The van der Waals surface area contributed by atoms with E-state index in [1.807, 2.05) is 133 Å². The Morgan fingerprint density at radius 3 is 1.21 bits per heavy atom. The van der Waals surface area contributed by atoms with Gasteiger partial charge in [-0.1, -0.05) is 123 Å². The number of rotatable bonds is 8. The molecule has 2 unspecified atom stereocenters. The molecule has 6 aromatic rings. The SMILES string of the molecule is N#Cc1ccc([C@@H]2Nc3ccccc3[C@H]3[C@@H]2CCN3C(=O)[C@H]2CCCCC2NC(=O)c2ccccc2)cc1.N#Cc1ccc([C@H]2Nc3ccccc3[C@@H]3[C@H]2CCN3C(=O)[C@H]2CCCCC2NC(=O)c2ccccc2)cc1. The van der Waals surface area contributed by atoms with Crippen LogP contribution in [0, 0.1) is 46.3 Å². The highest BCUT2D eigenvalue weighted by Crippen LogP contribution is 2.53. The number of fused-ring (bicyclic) bond motifs is 6. The third-order valence-electron chi connectivity index (χ3n) is 17.2. The van der Waals surface area contributed by atoms with Crippen LogP contribution in [0.5, 0.6) is 0 Å². The molecule has 2 aliphatic carbocycles. The van der Waals surface area contributed by atoms with E-state index in [2.05, 4.69) is 67.5 Å². The third-order valence-corrected chi connectivity index (χ3v) is 17.2. The van der Waals surface area contributed by atoms with Crippen LogP contribution in [0.3, 0.4) is 0 Å². The van der Waals surface area contributed by atoms with Gasteiger partial charge in [0.2, 0.25) is 11.8 Å². The monoisotopic (exact) mass is 1010 g/mol. The number of nitriles is 2. The topological polar surface area (TPSA) is 170 Å². The highest BCUT2D eigenvalue weighted by atomic mass is 16.2. The summed E-state index contributed by atoms with van der Waals surface area (Å²) in [5.41, 5.74) is 9.24. The average Bonchev–Trinajstić information content (AvgIpc) is 4.14. The number of carbonyl (C=O) groups excluding carboxylic acids is 4. The molecule has 12 heteroatoms. The number of anilines is 2. The summed E-state index contributed by atoms with van der Waals surface area (Å²) in [4.78, 5) is 58.6. The van der Waals surface area contributed by atoms with Crippen molar-refractivity contribution >= 4 is 35.0 Å². The summed E-state index contributed by atoms with van der Waals surface area (Å²) >= 11 is 0. The van der Waals surface area contributed by atoms with Crippen LogP contribution in [0.1, 0.15) is 142 Å². The Kier molecular flexibility index (Phi) is 14.7. The van der Waals surface area contributed by atoms with Gasteiger partial charge in [-0.3, -0.25) is 19.2 Å². The molecule has 4 N–H and O–H groups in total. The fourth-order valence-electron chi connectivity index (χ4n) is 13.4. The second-order valence-corrected chi connectivity index (χ2v) is 21.4. The number of amides is 4. The van der Waals surface area contributed by atoms with E-state index in [-0.39, 0.29) is 83.6 Å². The maximum absolute atomic E-state index is 14.2. The number of nitrogens with zero attached hydrogens (tertiary/aromatic N) is 4. The molecule has 384 valence electrons. The molecule has 0 aromatic heterocycles. The molecule has 4 heterocycles. The van der Waals surface area contributed by atoms with Crippen LogP contribution in [-0.2, 0) is 9.59 Å². The molecule has 2 saturated carbocycles. The molecule has 4 fully saturated rings. The molecule has 6 aromatic carbocycles. The molecular formula is C64H64N8O4. The lowest BCUT2D eigenvalue weighted by molar-refractivity contribution is -0.139. The van der Waals surface area contributed by atoms with Gasteiger partial charge >= 0.3 is 0 Å². The van der Waals surface area contributed by atoms with Crippen molar-refractivity contribution in [2.24, 2.45) is 23.7 Å². The second kappa shape index (κ2) is 22.3. The maximum Gasteiger partial charge on any atom is 0.251 e. The Balaban J connectivity index is 0.000000162. The zero-order chi connectivity index (χ0) is 52.1. The van der Waals surface area contributed by atoms with E-state index >= 15 is 0 Å². The number of hydrogen-bond acceptors (Lipinski definition) is 8. The van der Waals surface area contributed by atoms with Crippen molar-refractivity contribution in [3.8, 4) is 12.1 Å². The van der Waals surface area contributed by atoms with Crippen molar-refractivity contribution in [3.05, 3.63) is 202 Å². The maximum atomic E-state index is 14.2. The van der Waals surface area contributed by atoms with Gasteiger partial charge in [0.15, 0.2) is 0 Å². The predicted molar refractivity (Wildman–Crippen MR) is 292 cm³/mol. The normalized spacial score (nSPS) is 25.9. The fourth-order valence-corrected chi connectivity index (χ4v) is 13.4. The largest absolute Gasteiger partial charge is 0.378 e. The van der Waals surface area contributed by atoms with E-state index < -0.39 is 0 Å². The van der Waals surface area contributed by atoms with Crippen LogP contribution in [0.25, 0.3) is 0 Å². The van der Waals surface area contributed by atoms with Crippen LogP contribution in [0.2, 0.25) is 0 Å². The minimum atomic E-state index is -0.217. The Hall–Kier alpha value is -8.22. The summed E-state index contributed by atoms with van der Waals surface area (Å²) in [6, 6.07) is 54.9. The third kappa shape index (κ3) is 10.0. The molecule has 0 spiro atoms. The number of nitrogens with one attached hydrogen (secondary N) is 4. The minimum absolute atomic E-state index is 0.0204. The summed E-state index contributed by atoms with van der Waals surface area (Å²) in [5.74, 6) is 0.115. The number of likely N-dealkylation sites (tertiary alicyclic amines) is 2. The quantitative estimate of drug-likeness (QED) is 0.117. The van der Waals surface area contributed by atoms with Crippen molar-refractivity contribution < 1.29 is 19.2 Å². The molecule has 0 bridgehead atoms. The first-order valence-electron chi connectivity index (χ1n) is 27.3. The van der Waals surface area contributed by atoms with Crippen LogP contribution in [0.4, 0.5) is 11.4 Å². The lowest BCUT2D eigenvalue weighted by atomic mass is 9.79. The molecular weight excluding hydrogens is 945 g/mol. The average molecular weight is 1010 g/mol. The van der Waals surface area contributed by atoms with Crippen molar-refractivity contribution in [1.82, 2.24) is 20.4 Å². The van der Waals surface area contributed by atoms with E-state index in [0.29, 0.717) is 35.3 Å². The molecule has 12 nitrogen and oxygen atoms in total. The summed E-state index contributed by atoms with van der Waals surface area (Å²) in [6.45, 7) is 1.40. The predicted octanol–water partition coefficient (Wildman–Crippen LogP) is 11.2. The van der Waals surface area contributed by atoms with Crippen molar-refractivity contribution in [2.75, 3.05) is 23.7 Å². The number of para-hydroxylation sites is 2. The Morgan fingerprint density at radius 1 is 0.447 bits per heavy atom. The number of hydrogen-bond donors (Lipinski definition) is 4. The van der Waals surface area contributed by atoms with Gasteiger partial charge < -0.3 is 31.1 Å². The van der Waals surface area contributed by atoms with Crippen LogP contribution in [-0.4, -0.2) is 58.6 Å². The second-order valence-electron chi connectivity index (χ2n) is 21.4. The lowest BCUT2D eigenvalue weighted by Crippen LogP contribution is -2.50. The van der Waals surface area contributed by atoms with Gasteiger partial charge in [0, 0.05) is 59.5 Å². The van der Waals surface area contributed by atoms with E-state index in [9.17, 15) is 29.7 Å². The van der Waals surface area contributed by atoms with Gasteiger partial charge in [-0.15, -0.1) is 0 Å². The van der Waals surface area contributed by atoms with E-state index in [1.165, 1.54) is 0 Å².